The zero-order valence-electron chi connectivity index (χ0n) is 17.4. The van der Waals surface area contributed by atoms with Gasteiger partial charge in [0.25, 0.3) is 0 Å². The largest absolute Gasteiger partial charge is 0.489 e. The van der Waals surface area contributed by atoms with Gasteiger partial charge in [0.2, 0.25) is 0 Å². The Morgan fingerprint density at radius 2 is 1.35 bits per heavy atom. The molecule has 3 rings (SSSR count). The van der Waals surface area contributed by atoms with Crippen LogP contribution in [-0.4, -0.2) is 28.3 Å². The molecule has 0 aliphatic rings. The van der Waals surface area contributed by atoms with Gasteiger partial charge in [0.05, 0.1) is 12.0 Å². The van der Waals surface area contributed by atoms with Crippen LogP contribution in [0.4, 0.5) is 0 Å². The maximum absolute atomic E-state index is 11.8. The number of benzene rings is 3. The van der Waals surface area contributed by atoms with Crippen LogP contribution < -0.4 is 10.5 Å². The third kappa shape index (κ3) is 7.24. The molecule has 3 atom stereocenters. The fraction of sp³-hybridized carbons (Fsp3) is 0.269. The number of hydrogen-bond acceptors (Lipinski definition) is 4. The summed E-state index contributed by atoms with van der Waals surface area (Å²) < 4.78 is 5.78. The second kappa shape index (κ2) is 11.3. The highest BCUT2D eigenvalue weighted by Crippen LogP contribution is 2.20. The fourth-order valence-electron chi connectivity index (χ4n) is 3.51. The Labute approximate surface area is 183 Å². The number of nitrogens with two attached hydrogens (primary N) is 1. The van der Waals surface area contributed by atoms with Crippen molar-refractivity contribution in [2.75, 3.05) is 0 Å². The van der Waals surface area contributed by atoms with E-state index in [1.54, 1.807) is 0 Å². The van der Waals surface area contributed by atoms with Crippen molar-refractivity contribution in [1.82, 2.24) is 0 Å². The molecule has 0 spiro atoms. The molecule has 0 unspecified atom stereocenters. The number of ether oxygens (including phenoxy) is 1. The number of aliphatic carboxylic acids is 1. The minimum atomic E-state index is -0.935. The van der Waals surface area contributed by atoms with Crippen molar-refractivity contribution in [2.24, 2.45) is 11.7 Å². The lowest BCUT2D eigenvalue weighted by Crippen LogP contribution is -2.39. The summed E-state index contributed by atoms with van der Waals surface area (Å²) in [5.74, 6) is -0.923. The average Bonchev–Trinajstić information content (AvgIpc) is 2.79. The molecule has 0 fully saturated rings. The first-order valence-electron chi connectivity index (χ1n) is 10.5. The first kappa shape index (κ1) is 22.5. The molecule has 0 heterocycles. The molecule has 5 heteroatoms. The first-order chi connectivity index (χ1) is 15.0. The third-order valence-corrected chi connectivity index (χ3v) is 5.34. The van der Waals surface area contributed by atoms with E-state index >= 15 is 0 Å². The van der Waals surface area contributed by atoms with E-state index in [0.717, 1.165) is 22.4 Å². The molecule has 0 saturated heterocycles. The molecular formula is C26H29NO4. The monoisotopic (exact) mass is 419 g/mol. The van der Waals surface area contributed by atoms with Gasteiger partial charge in [0.1, 0.15) is 12.4 Å². The Morgan fingerprint density at radius 1 is 0.806 bits per heavy atom. The number of carbonyl (C=O) groups is 1. The van der Waals surface area contributed by atoms with Gasteiger partial charge in [-0.15, -0.1) is 0 Å². The van der Waals surface area contributed by atoms with Gasteiger partial charge < -0.3 is 20.7 Å². The van der Waals surface area contributed by atoms with E-state index in [0.29, 0.717) is 19.4 Å². The second-order valence-corrected chi connectivity index (χ2v) is 7.81. The maximum Gasteiger partial charge on any atom is 0.306 e. The zero-order valence-corrected chi connectivity index (χ0v) is 17.4. The maximum atomic E-state index is 11.8. The van der Waals surface area contributed by atoms with Gasteiger partial charge in [0, 0.05) is 6.04 Å². The standard InChI is InChI=1S/C26H29NO4/c27-24(16-19-7-3-1-4-8-19)25(28)17-22(26(29)30)15-20-11-13-23(14-12-20)31-18-21-9-5-2-6-10-21/h1-14,22,24-25,28H,15-18,27H2,(H,29,30)/t22-,24+,25+/m1/s1. The van der Waals surface area contributed by atoms with Gasteiger partial charge in [0.15, 0.2) is 0 Å². The molecule has 0 aromatic heterocycles. The van der Waals surface area contributed by atoms with E-state index in [2.05, 4.69) is 0 Å². The van der Waals surface area contributed by atoms with Crippen molar-refractivity contribution in [3.63, 3.8) is 0 Å². The van der Waals surface area contributed by atoms with E-state index in [1.165, 1.54) is 0 Å². The van der Waals surface area contributed by atoms with Crippen LogP contribution in [0.1, 0.15) is 23.1 Å². The molecule has 0 amide bonds. The molecule has 0 bridgehead atoms. The number of aliphatic hydroxyl groups is 1. The van der Waals surface area contributed by atoms with Crippen LogP contribution in [-0.2, 0) is 24.2 Å². The van der Waals surface area contributed by atoms with Crippen LogP contribution in [0, 0.1) is 5.92 Å². The summed E-state index contributed by atoms with van der Waals surface area (Å²) in [6, 6.07) is 26.4. The molecule has 0 aliphatic carbocycles. The second-order valence-electron chi connectivity index (χ2n) is 7.81. The summed E-state index contributed by atoms with van der Waals surface area (Å²) >= 11 is 0. The van der Waals surface area contributed by atoms with Crippen LogP contribution in [0.25, 0.3) is 0 Å². The molecule has 0 saturated carbocycles. The Balaban J connectivity index is 1.53. The average molecular weight is 420 g/mol. The van der Waals surface area contributed by atoms with Gasteiger partial charge in [-0.05, 0) is 48.1 Å². The summed E-state index contributed by atoms with van der Waals surface area (Å²) in [6.07, 6.45) is 0.0376. The summed E-state index contributed by atoms with van der Waals surface area (Å²) in [6.45, 7) is 0.476. The molecule has 5 nitrogen and oxygen atoms in total. The normalized spacial score (nSPS) is 13.9. The van der Waals surface area contributed by atoms with Crippen molar-refractivity contribution in [1.29, 1.82) is 0 Å². The molecule has 3 aromatic carbocycles. The third-order valence-electron chi connectivity index (χ3n) is 5.34. The van der Waals surface area contributed by atoms with E-state index < -0.39 is 24.0 Å². The zero-order chi connectivity index (χ0) is 22.1. The topological polar surface area (TPSA) is 92.8 Å². The Bertz CT molecular complexity index is 929. The molecule has 31 heavy (non-hydrogen) atoms. The van der Waals surface area contributed by atoms with Gasteiger partial charge in [-0.1, -0.05) is 72.8 Å². The predicted molar refractivity (Wildman–Crippen MR) is 121 cm³/mol. The molecule has 162 valence electrons. The lowest BCUT2D eigenvalue weighted by Gasteiger charge is -2.22. The Hall–Kier alpha value is -3.15. The van der Waals surface area contributed by atoms with Crippen molar-refractivity contribution in [2.45, 2.75) is 38.0 Å². The van der Waals surface area contributed by atoms with Crippen molar-refractivity contribution < 1.29 is 19.7 Å². The first-order valence-corrected chi connectivity index (χ1v) is 10.5. The van der Waals surface area contributed by atoms with Gasteiger partial charge in [-0.25, -0.2) is 0 Å². The van der Waals surface area contributed by atoms with E-state index in [-0.39, 0.29) is 6.42 Å². The fourth-order valence-corrected chi connectivity index (χ4v) is 3.51. The minimum Gasteiger partial charge on any atom is -0.489 e. The summed E-state index contributed by atoms with van der Waals surface area (Å²) in [4.78, 5) is 11.8. The van der Waals surface area contributed by atoms with Crippen LogP contribution in [0.2, 0.25) is 0 Å². The molecule has 0 aliphatic heterocycles. The number of carboxylic acids is 1. The van der Waals surface area contributed by atoms with Gasteiger partial charge >= 0.3 is 5.97 Å². The number of hydrogen-bond donors (Lipinski definition) is 3. The van der Waals surface area contributed by atoms with Crippen LogP contribution in [0.3, 0.4) is 0 Å². The molecular weight excluding hydrogens is 390 g/mol. The van der Waals surface area contributed by atoms with E-state index in [4.69, 9.17) is 10.5 Å². The minimum absolute atomic E-state index is 0.107. The van der Waals surface area contributed by atoms with E-state index in [1.807, 2.05) is 84.9 Å². The highest BCUT2D eigenvalue weighted by atomic mass is 16.5. The van der Waals surface area contributed by atoms with Crippen molar-refractivity contribution in [3.05, 3.63) is 102 Å². The van der Waals surface area contributed by atoms with Crippen LogP contribution >= 0.6 is 0 Å². The Morgan fingerprint density at radius 3 is 1.94 bits per heavy atom. The number of aliphatic hydroxyl groups excluding tert-OH is 1. The number of carboxylic acid groups (broad SMARTS) is 1. The Kier molecular flexibility index (Phi) is 8.21. The lowest BCUT2D eigenvalue weighted by molar-refractivity contribution is -0.142. The van der Waals surface area contributed by atoms with Gasteiger partial charge in [-0.3, -0.25) is 4.79 Å². The number of rotatable bonds is 11. The quantitative estimate of drug-likeness (QED) is 0.439. The molecule has 3 aromatic rings. The predicted octanol–water partition coefficient (Wildman–Crippen LogP) is 3.83. The highest BCUT2D eigenvalue weighted by molar-refractivity contribution is 5.70. The molecule has 4 N–H and O–H groups in total. The SMILES string of the molecule is N[C@@H](Cc1ccccc1)[C@@H](O)C[C@@H](Cc1ccc(OCc2ccccc2)cc1)C(=O)O. The summed E-state index contributed by atoms with van der Waals surface area (Å²) in [7, 11) is 0. The highest BCUT2D eigenvalue weighted by Gasteiger charge is 2.25. The molecule has 0 radical (unpaired) electrons. The van der Waals surface area contributed by atoms with Crippen LogP contribution in [0.15, 0.2) is 84.9 Å². The summed E-state index contributed by atoms with van der Waals surface area (Å²) in [5.41, 5.74) is 9.11. The smallest absolute Gasteiger partial charge is 0.306 e. The van der Waals surface area contributed by atoms with E-state index in [9.17, 15) is 15.0 Å². The van der Waals surface area contributed by atoms with Crippen molar-refractivity contribution in [3.8, 4) is 5.75 Å². The van der Waals surface area contributed by atoms with Crippen molar-refractivity contribution >= 4 is 5.97 Å². The lowest BCUT2D eigenvalue weighted by atomic mass is 9.90. The van der Waals surface area contributed by atoms with Crippen LogP contribution in [0.5, 0.6) is 5.75 Å². The van der Waals surface area contributed by atoms with Gasteiger partial charge in [-0.2, -0.15) is 0 Å². The summed E-state index contributed by atoms with van der Waals surface area (Å²) in [5, 5.41) is 20.1.